The van der Waals surface area contributed by atoms with Gasteiger partial charge in [0, 0.05) is 29.4 Å². The molecule has 2 aromatic rings. The van der Waals surface area contributed by atoms with Crippen LogP contribution in [-0.4, -0.2) is 16.5 Å². The van der Waals surface area contributed by atoms with Crippen LogP contribution < -0.4 is 15.6 Å². The number of rotatable bonds is 5. The van der Waals surface area contributed by atoms with Gasteiger partial charge in [-0.2, -0.15) is 4.39 Å². The van der Waals surface area contributed by atoms with Crippen molar-refractivity contribution in [1.82, 2.24) is 10.4 Å². The van der Waals surface area contributed by atoms with Gasteiger partial charge in [-0.3, -0.25) is 15.6 Å². The van der Waals surface area contributed by atoms with Crippen molar-refractivity contribution in [3.05, 3.63) is 54.1 Å². The minimum atomic E-state index is -3.82. The Morgan fingerprint density at radius 3 is 2.50 bits per heavy atom. The number of hydrazine groups is 1. The summed E-state index contributed by atoms with van der Waals surface area (Å²) in [5.74, 6) is -1.45. The van der Waals surface area contributed by atoms with Crippen LogP contribution in [0.2, 0.25) is 0 Å². The Morgan fingerprint density at radius 2 is 1.91 bits per heavy atom. The normalized spacial score (nSPS) is 10.9. The molecule has 9 heteroatoms. The molecule has 0 saturated carbocycles. The first-order chi connectivity index (χ1) is 10.3. The van der Waals surface area contributed by atoms with Gasteiger partial charge >= 0.3 is 5.57 Å². The van der Waals surface area contributed by atoms with Crippen molar-refractivity contribution < 1.29 is 22.7 Å². The highest BCUT2D eigenvalue weighted by atomic mass is 35.5. The van der Waals surface area contributed by atoms with E-state index >= 15 is 0 Å². The molecule has 1 aromatic heterocycles. The molecule has 1 aromatic carbocycles. The predicted octanol–water partition coefficient (Wildman–Crippen LogP) is 3.15. The van der Waals surface area contributed by atoms with Gasteiger partial charge in [0.25, 0.3) is 5.91 Å². The summed E-state index contributed by atoms with van der Waals surface area (Å²) in [6, 6.07) is 7.39. The number of carbonyl (C=O) groups excluding carboxylic acids is 1. The van der Waals surface area contributed by atoms with Crippen molar-refractivity contribution >= 4 is 23.2 Å². The van der Waals surface area contributed by atoms with E-state index in [9.17, 15) is 18.0 Å². The Morgan fingerprint density at radius 1 is 1.23 bits per heavy atom. The fourth-order valence-corrected chi connectivity index (χ4v) is 1.58. The molecule has 0 saturated heterocycles. The summed E-state index contributed by atoms with van der Waals surface area (Å²) in [7, 11) is 0. The van der Waals surface area contributed by atoms with Gasteiger partial charge in [-0.15, -0.1) is 8.78 Å². The molecule has 0 bridgehead atoms. The van der Waals surface area contributed by atoms with Crippen LogP contribution in [0.25, 0.3) is 0 Å². The number of halogens is 4. The van der Waals surface area contributed by atoms with Crippen molar-refractivity contribution in [2.45, 2.75) is 5.57 Å². The van der Waals surface area contributed by atoms with E-state index in [2.05, 4.69) is 32.2 Å². The van der Waals surface area contributed by atoms with Crippen molar-refractivity contribution in [1.29, 1.82) is 0 Å². The molecule has 0 radical (unpaired) electrons. The molecule has 0 spiro atoms. The fraction of sp³-hybridized carbons (Fsp3) is 0.0769. The number of nitrogens with one attached hydrogen (secondary N) is 2. The highest BCUT2D eigenvalue weighted by Crippen LogP contribution is 2.24. The van der Waals surface area contributed by atoms with Crippen molar-refractivity contribution in [2.24, 2.45) is 0 Å². The average molecular weight is 332 g/mol. The lowest BCUT2D eigenvalue weighted by Gasteiger charge is -2.11. The molecule has 0 atom stereocenters. The maximum Gasteiger partial charge on any atom is 0.487 e. The number of alkyl halides is 3. The van der Waals surface area contributed by atoms with Gasteiger partial charge < -0.3 is 4.74 Å². The van der Waals surface area contributed by atoms with Gasteiger partial charge in [0.05, 0.1) is 5.69 Å². The van der Waals surface area contributed by atoms with E-state index in [1.54, 1.807) is 0 Å². The highest BCUT2D eigenvalue weighted by molar-refractivity contribution is 6.20. The monoisotopic (exact) mass is 331 g/mol. The minimum Gasteiger partial charge on any atom is -0.420 e. The summed E-state index contributed by atoms with van der Waals surface area (Å²) in [5.41, 5.74) is 1.44. The Balaban J connectivity index is 1.95. The zero-order chi connectivity index (χ0) is 16.2. The first kappa shape index (κ1) is 15.9. The predicted molar refractivity (Wildman–Crippen MR) is 73.2 cm³/mol. The Labute approximate surface area is 128 Å². The lowest BCUT2D eigenvalue weighted by molar-refractivity contribution is -0.0964. The number of hydrogen-bond donors (Lipinski definition) is 2. The van der Waals surface area contributed by atoms with E-state index in [1.165, 1.54) is 24.4 Å². The number of anilines is 1. The number of amides is 1. The van der Waals surface area contributed by atoms with E-state index < -0.39 is 17.4 Å². The van der Waals surface area contributed by atoms with Crippen LogP contribution in [-0.2, 0) is 0 Å². The first-order valence-corrected chi connectivity index (χ1v) is 6.25. The molecule has 22 heavy (non-hydrogen) atoms. The molecular formula is C13H9ClF3N3O2. The molecule has 2 rings (SSSR count). The third kappa shape index (κ3) is 4.81. The molecule has 0 aliphatic rings. The average Bonchev–Trinajstić information content (AvgIpc) is 2.44. The van der Waals surface area contributed by atoms with E-state index in [-0.39, 0.29) is 11.3 Å². The first-order valence-electron chi connectivity index (χ1n) is 5.87. The molecule has 116 valence electrons. The van der Waals surface area contributed by atoms with Crippen molar-refractivity contribution in [3.8, 4) is 5.75 Å². The summed E-state index contributed by atoms with van der Waals surface area (Å²) in [6.45, 7) is 0. The van der Waals surface area contributed by atoms with Gasteiger partial charge in [0.2, 0.25) is 5.95 Å². The van der Waals surface area contributed by atoms with Crippen LogP contribution >= 0.6 is 11.6 Å². The zero-order valence-electron chi connectivity index (χ0n) is 10.8. The minimum absolute atomic E-state index is 0.173. The SMILES string of the molecule is O=C(NNc1ccnc(F)c1)c1ccc(OC(F)(F)Cl)cc1. The second-order valence-corrected chi connectivity index (χ2v) is 4.46. The Bertz CT molecular complexity index is 662. The molecular weight excluding hydrogens is 323 g/mol. The number of ether oxygens (including phenoxy) is 1. The Hall–Kier alpha value is -2.48. The molecule has 0 aliphatic carbocycles. The molecule has 0 fully saturated rings. The second-order valence-electron chi connectivity index (χ2n) is 4.02. The van der Waals surface area contributed by atoms with Gasteiger partial charge in [-0.1, -0.05) is 0 Å². The van der Waals surface area contributed by atoms with Crippen LogP contribution in [0.1, 0.15) is 10.4 Å². The number of hydrogen-bond acceptors (Lipinski definition) is 4. The number of aromatic nitrogens is 1. The van der Waals surface area contributed by atoms with Gasteiger partial charge in [0.1, 0.15) is 5.75 Å². The fourth-order valence-electron chi connectivity index (χ4n) is 1.49. The van der Waals surface area contributed by atoms with Crippen molar-refractivity contribution in [3.63, 3.8) is 0 Å². The molecule has 0 unspecified atom stereocenters. The lowest BCUT2D eigenvalue weighted by atomic mass is 10.2. The lowest BCUT2D eigenvalue weighted by Crippen LogP contribution is -2.29. The highest BCUT2D eigenvalue weighted by Gasteiger charge is 2.27. The van der Waals surface area contributed by atoms with Crippen LogP contribution in [0.3, 0.4) is 0 Å². The summed E-state index contributed by atoms with van der Waals surface area (Å²) < 4.78 is 41.8. The number of nitrogens with zero attached hydrogens (tertiary/aromatic N) is 1. The quantitative estimate of drug-likeness (QED) is 0.502. The van der Waals surface area contributed by atoms with E-state index in [0.717, 1.165) is 18.2 Å². The molecule has 1 amide bonds. The smallest absolute Gasteiger partial charge is 0.420 e. The summed E-state index contributed by atoms with van der Waals surface area (Å²) in [4.78, 5) is 15.2. The van der Waals surface area contributed by atoms with Crippen molar-refractivity contribution in [2.75, 3.05) is 5.43 Å². The number of carbonyl (C=O) groups is 1. The van der Waals surface area contributed by atoms with E-state index in [0.29, 0.717) is 5.69 Å². The van der Waals surface area contributed by atoms with E-state index in [4.69, 9.17) is 0 Å². The number of pyridine rings is 1. The summed E-state index contributed by atoms with van der Waals surface area (Å²) in [6.07, 6.45) is 1.22. The van der Waals surface area contributed by atoms with Crippen LogP contribution in [0.15, 0.2) is 42.6 Å². The third-order valence-electron chi connectivity index (χ3n) is 2.40. The number of benzene rings is 1. The van der Waals surface area contributed by atoms with Gasteiger partial charge in [-0.25, -0.2) is 4.98 Å². The zero-order valence-corrected chi connectivity index (χ0v) is 11.6. The maximum atomic E-state index is 12.8. The van der Waals surface area contributed by atoms with Crippen LogP contribution in [0.4, 0.5) is 18.9 Å². The molecule has 5 nitrogen and oxygen atoms in total. The summed E-state index contributed by atoms with van der Waals surface area (Å²) >= 11 is 4.62. The largest absolute Gasteiger partial charge is 0.487 e. The molecule has 0 aliphatic heterocycles. The topological polar surface area (TPSA) is 63.2 Å². The maximum absolute atomic E-state index is 12.8. The standard InChI is InChI=1S/C13H9ClF3N3O2/c14-13(16,17)22-10-3-1-8(2-4-10)12(21)20-19-9-5-6-18-11(15)7-9/h1-7H,(H,18,19)(H,20,21). The third-order valence-corrected chi connectivity index (χ3v) is 2.47. The molecule has 2 N–H and O–H groups in total. The van der Waals surface area contributed by atoms with Crippen LogP contribution in [0, 0.1) is 5.95 Å². The van der Waals surface area contributed by atoms with Crippen LogP contribution in [0.5, 0.6) is 5.75 Å². The van der Waals surface area contributed by atoms with Gasteiger partial charge in [-0.05, 0) is 30.3 Å². The van der Waals surface area contributed by atoms with Gasteiger partial charge in [0.15, 0.2) is 0 Å². The second kappa shape index (κ2) is 6.52. The Kier molecular flexibility index (Phi) is 4.71. The van der Waals surface area contributed by atoms with E-state index in [1.807, 2.05) is 0 Å². The molecule has 1 heterocycles. The summed E-state index contributed by atoms with van der Waals surface area (Å²) in [5, 5.41) is 0.